The Kier molecular flexibility index (Phi) is 4.04. The van der Waals surface area contributed by atoms with Crippen molar-refractivity contribution in [1.29, 1.82) is 0 Å². The molecule has 1 aliphatic rings. The minimum Gasteiger partial charge on any atom is -0.485 e. The van der Waals surface area contributed by atoms with E-state index in [1.807, 2.05) is 48.5 Å². The highest BCUT2D eigenvalue weighted by Crippen LogP contribution is 2.30. The maximum atomic E-state index is 12.2. The fourth-order valence-corrected chi connectivity index (χ4v) is 2.68. The zero-order valence-corrected chi connectivity index (χ0v) is 13.4. The number of hydrogen-bond acceptors (Lipinski definition) is 4. The van der Waals surface area contributed by atoms with Crippen molar-refractivity contribution in [3.63, 3.8) is 0 Å². The van der Waals surface area contributed by atoms with Crippen LogP contribution in [0.1, 0.15) is 5.56 Å². The van der Waals surface area contributed by atoms with Crippen molar-refractivity contribution < 1.29 is 14.3 Å². The number of ether oxygens (including phenoxy) is 2. The van der Waals surface area contributed by atoms with Crippen LogP contribution in [0.3, 0.4) is 0 Å². The van der Waals surface area contributed by atoms with Gasteiger partial charge in [-0.3, -0.25) is 4.79 Å². The molecule has 0 unspecified atom stereocenters. The Morgan fingerprint density at radius 1 is 1.00 bits per heavy atom. The second-order valence-corrected chi connectivity index (χ2v) is 5.71. The van der Waals surface area contributed by atoms with Gasteiger partial charge in [0.15, 0.2) is 11.5 Å². The van der Waals surface area contributed by atoms with Crippen LogP contribution in [0.15, 0.2) is 71.8 Å². The van der Waals surface area contributed by atoms with Crippen LogP contribution in [0.4, 0.5) is 0 Å². The van der Waals surface area contributed by atoms with Crippen molar-refractivity contribution in [2.24, 2.45) is 5.10 Å². The normalized spacial score (nSPS) is 16.1. The van der Waals surface area contributed by atoms with E-state index in [0.717, 1.165) is 16.3 Å². The Morgan fingerprint density at radius 3 is 2.64 bits per heavy atom. The zero-order valence-electron chi connectivity index (χ0n) is 13.4. The molecule has 0 aromatic heterocycles. The van der Waals surface area contributed by atoms with Crippen molar-refractivity contribution in [1.82, 2.24) is 5.43 Å². The van der Waals surface area contributed by atoms with Gasteiger partial charge in [0.05, 0.1) is 6.21 Å². The number of carbonyl (C=O) groups excluding carboxylic acids is 1. The molecule has 0 fully saturated rings. The standard InChI is InChI=1S/C20H16N2O3/c23-20(19-13-24-17-7-3-4-8-18(17)25-19)22-21-12-14-9-10-15-5-1-2-6-16(15)11-14/h1-12,19H,13H2,(H,22,23)/t19-/m1/s1. The number of hydrogen-bond donors (Lipinski definition) is 1. The molecule has 124 valence electrons. The minimum absolute atomic E-state index is 0.161. The van der Waals surface area contributed by atoms with E-state index in [9.17, 15) is 4.79 Å². The Balaban J connectivity index is 1.40. The van der Waals surface area contributed by atoms with E-state index >= 15 is 0 Å². The predicted octanol–water partition coefficient (Wildman–Crippen LogP) is 3.13. The lowest BCUT2D eigenvalue weighted by molar-refractivity contribution is -0.130. The summed E-state index contributed by atoms with van der Waals surface area (Å²) < 4.78 is 11.2. The third-order valence-corrected chi connectivity index (χ3v) is 3.96. The first-order valence-corrected chi connectivity index (χ1v) is 8.00. The van der Waals surface area contributed by atoms with Crippen molar-refractivity contribution >= 4 is 22.9 Å². The first kappa shape index (κ1) is 15.2. The molecule has 25 heavy (non-hydrogen) atoms. The van der Waals surface area contributed by atoms with Gasteiger partial charge in [0, 0.05) is 0 Å². The van der Waals surface area contributed by atoms with E-state index in [4.69, 9.17) is 9.47 Å². The van der Waals surface area contributed by atoms with E-state index in [0.29, 0.717) is 11.5 Å². The van der Waals surface area contributed by atoms with Gasteiger partial charge < -0.3 is 9.47 Å². The van der Waals surface area contributed by atoms with Crippen LogP contribution in [0.2, 0.25) is 0 Å². The average Bonchev–Trinajstić information content (AvgIpc) is 2.67. The fraction of sp³-hybridized carbons (Fsp3) is 0.100. The van der Waals surface area contributed by atoms with Crippen LogP contribution in [0.5, 0.6) is 11.5 Å². The molecule has 1 heterocycles. The summed E-state index contributed by atoms with van der Waals surface area (Å²) in [5.41, 5.74) is 3.41. The van der Waals surface area contributed by atoms with Gasteiger partial charge in [0.2, 0.25) is 6.10 Å². The zero-order chi connectivity index (χ0) is 17.1. The number of amides is 1. The van der Waals surface area contributed by atoms with Gasteiger partial charge in [0.25, 0.3) is 5.91 Å². The quantitative estimate of drug-likeness (QED) is 0.592. The molecule has 0 saturated heterocycles. The molecule has 0 bridgehead atoms. The van der Waals surface area contributed by atoms with Gasteiger partial charge in [-0.2, -0.15) is 5.10 Å². The first-order valence-electron chi connectivity index (χ1n) is 8.00. The lowest BCUT2D eigenvalue weighted by Gasteiger charge is -2.24. The summed E-state index contributed by atoms with van der Waals surface area (Å²) in [6.07, 6.45) is 0.894. The van der Waals surface area contributed by atoms with Crippen molar-refractivity contribution in [3.8, 4) is 11.5 Å². The Hall–Kier alpha value is -3.34. The van der Waals surface area contributed by atoms with Crippen molar-refractivity contribution in [2.75, 3.05) is 6.61 Å². The molecule has 0 radical (unpaired) electrons. The number of carbonyl (C=O) groups is 1. The van der Waals surface area contributed by atoms with Crippen LogP contribution < -0.4 is 14.9 Å². The highest BCUT2D eigenvalue weighted by Gasteiger charge is 2.26. The van der Waals surface area contributed by atoms with Gasteiger partial charge in [0.1, 0.15) is 6.61 Å². The second-order valence-electron chi connectivity index (χ2n) is 5.71. The molecule has 1 amide bonds. The van der Waals surface area contributed by atoms with Gasteiger partial charge >= 0.3 is 0 Å². The van der Waals surface area contributed by atoms with Gasteiger partial charge in [-0.1, -0.05) is 48.5 Å². The van der Waals surface area contributed by atoms with E-state index in [2.05, 4.69) is 16.6 Å². The van der Waals surface area contributed by atoms with E-state index in [1.165, 1.54) is 0 Å². The van der Waals surface area contributed by atoms with E-state index in [1.54, 1.807) is 18.3 Å². The summed E-state index contributed by atoms with van der Waals surface area (Å²) in [5, 5.41) is 6.31. The highest BCUT2D eigenvalue weighted by molar-refractivity contribution is 5.91. The number of benzene rings is 3. The molecule has 1 atom stereocenters. The van der Waals surface area contributed by atoms with Crippen LogP contribution in [-0.2, 0) is 4.79 Å². The highest BCUT2D eigenvalue weighted by atomic mass is 16.6. The number of fused-ring (bicyclic) bond motifs is 2. The summed E-state index contributed by atoms with van der Waals surface area (Å²) in [7, 11) is 0. The van der Waals surface area contributed by atoms with Crippen LogP contribution in [0, 0.1) is 0 Å². The van der Waals surface area contributed by atoms with E-state index < -0.39 is 6.10 Å². The number of nitrogens with zero attached hydrogens (tertiary/aromatic N) is 1. The Bertz CT molecular complexity index is 952. The molecule has 3 aromatic rings. The Morgan fingerprint density at radius 2 is 1.76 bits per heavy atom. The molecule has 5 nitrogen and oxygen atoms in total. The third-order valence-electron chi connectivity index (χ3n) is 3.96. The molecule has 0 saturated carbocycles. The minimum atomic E-state index is -0.719. The van der Waals surface area contributed by atoms with Gasteiger partial charge in [-0.15, -0.1) is 0 Å². The maximum absolute atomic E-state index is 12.2. The summed E-state index contributed by atoms with van der Waals surface area (Å²) in [6, 6.07) is 21.3. The topological polar surface area (TPSA) is 59.9 Å². The average molecular weight is 332 g/mol. The van der Waals surface area contributed by atoms with Gasteiger partial charge in [-0.05, 0) is 34.5 Å². The van der Waals surface area contributed by atoms with Crippen LogP contribution in [0.25, 0.3) is 10.8 Å². The summed E-state index contributed by atoms with van der Waals surface area (Å²) in [4.78, 5) is 12.2. The molecule has 1 aliphatic heterocycles. The predicted molar refractivity (Wildman–Crippen MR) is 96.0 cm³/mol. The Labute approximate surface area is 144 Å². The molecule has 0 spiro atoms. The molecular formula is C20H16N2O3. The molecule has 1 N–H and O–H groups in total. The third kappa shape index (κ3) is 3.30. The smallest absolute Gasteiger partial charge is 0.284 e. The summed E-state index contributed by atoms with van der Waals surface area (Å²) in [5.74, 6) is 0.866. The molecule has 5 heteroatoms. The number of nitrogens with one attached hydrogen (secondary N) is 1. The summed E-state index contributed by atoms with van der Waals surface area (Å²) in [6.45, 7) is 0.161. The van der Waals surface area contributed by atoms with Crippen LogP contribution in [-0.4, -0.2) is 24.8 Å². The maximum Gasteiger partial charge on any atom is 0.284 e. The molecule has 0 aliphatic carbocycles. The SMILES string of the molecule is O=C(NN=Cc1ccc2ccccc2c1)[C@H]1COc2ccccc2O1. The number of rotatable bonds is 3. The van der Waals surface area contributed by atoms with Crippen molar-refractivity contribution in [2.45, 2.75) is 6.10 Å². The monoisotopic (exact) mass is 332 g/mol. The molecule has 4 rings (SSSR count). The van der Waals surface area contributed by atoms with Gasteiger partial charge in [-0.25, -0.2) is 5.43 Å². The lowest BCUT2D eigenvalue weighted by atomic mass is 10.1. The molecule has 3 aromatic carbocycles. The first-order chi connectivity index (χ1) is 12.3. The second kappa shape index (κ2) is 6.65. The lowest BCUT2D eigenvalue weighted by Crippen LogP contribution is -2.42. The van der Waals surface area contributed by atoms with Crippen molar-refractivity contribution in [3.05, 3.63) is 72.3 Å². The van der Waals surface area contributed by atoms with E-state index in [-0.39, 0.29) is 12.5 Å². The molecular weight excluding hydrogens is 316 g/mol. The number of para-hydroxylation sites is 2. The largest absolute Gasteiger partial charge is 0.485 e. The summed E-state index contributed by atoms with van der Waals surface area (Å²) >= 11 is 0. The van der Waals surface area contributed by atoms with Crippen LogP contribution >= 0.6 is 0 Å². The fourth-order valence-electron chi connectivity index (χ4n) is 2.68. The number of hydrazone groups is 1.